The summed E-state index contributed by atoms with van der Waals surface area (Å²) < 4.78 is 62.2. The van der Waals surface area contributed by atoms with Crippen molar-refractivity contribution in [2.75, 3.05) is 51.6 Å². The zero-order valence-electron chi connectivity index (χ0n) is 34.9. The Morgan fingerprint density at radius 2 is 1.79 bits per heavy atom. The van der Waals surface area contributed by atoms with E-state index in [4.69, 9.17) is 44.4 Å². The third kappa shape index (κ3) is 7.06. The Morgan fingerprint density at radius 3 is 2.56 bits per heavy atom. The molecule has 0 saturated carbocycles. The number of ether oxygens (including phenoxy) is 3. The van der Waals surface area contributed by atoms with Crippen molar-refractivity contribution in [2.24, 2.45) is 0 Å². The van der Waals surface area contributed by atoms with Crippen LogP contribution in [-0.2, 0) is 17.7 Å². The van der Waals surface area contributed by atoms with Gasteiger partial charge in [0.05, 0.1) is 28.7 Å². The van der Waals surface area contributed by atoms with Gasteiger partial charge in [-0.05, 0) is 88.0 Å². The van der Waals surface area contributed by atoms with Gasteiger partial charge in [0.1, 0.15) is 35.2 Å². The molecule has 320 valence electrons. The second-order valence-corrected chi connectivity index (χ2v) is 16.9. The number of anilines is 1. The number of rotatable bonds is 11. The van der Waals surface area contributed by atoms with Gasteiger partial charge in [-0.1, -0.05) is 49.2 Å². The number of nitrogens with zero attached hydrogens (tertiary/aromatic N) is 6. The maximum atomic E-state index is 17.8. The average Bonchev–Trinajstić information content (AvgIpc) is 3.99. The maximum absolute atomic E-state index is 17.8. The lowest BCUT2D eigenvalue weighted by atomic mass is 9.93. The quantitative estimate of drug-likeness (QED) is 0.0926. The summed E-state index contributed by atoms with van der Waals surface area (Å²) in [6.45, 7) is 6.10. The molecular weight excluding hydrogens is 795 g/mol. The first kappa shape index (κ1) is 40.2. The van der Waals surface area contributed by atoms with Crippen LogP contribution in [0.5, 0.6) is 11.8 Å². The van der Waals surface area contributed by atoms with Gasteiger partial charge in [-0.25, -0.2) is 18.6 Å². The molecule has 0 N–H and O–H groups in total. The highest BCUT2D eigenvalue weighted by molar-refractivity contribution is 6.03. The van der Waals surface area contributed by atoms with E-state index in [1.165, 1.54) is 13.2 Å². The standard InChI is InChI=1S/C48H48F2N6O6/c1-4-31-25-56-32(24-54(31)26-38-44(62-47(57)61-38)29-12-7-6-8-13-29)14-9-15-37-40-43(52-46(53-45(40)56)59-27-48-18-10-20-55(48)21-11-19-48)41(50)42(51-37)35-23-33(60-28-58-3)22-30-16-17-36(49)34(5-2)39(30)35/h2,6-8,12-13,16-17,22-23,31-32H,4,9-11,14-15,18-21,24-28H2,1,3H3/t31-,32?/m1/s1. The number of halogens is 2. The number of aromatic nitrogens is 3. The van der Waals surface area contributed by atoms with E-state index >= 15 is 8.78 Å². The minimum absolute atomic E-state index is 0.000923. The molecule has 0 amide bonds. The smallest absolute Gasteiger partial charge is 0.468 e. The predicted molar refractivity (Wildman–Crippen MR) is 230 cm³/mol. The number of benzene rings is 3. The summed E-state index contributed by atoms with van der Waals surface area (Å²) in [6.07, 6.45) is 12.9. The second kappa shape index (κ2) is 16.4. The monoisotopic (exact) mass is 842 g/mol. The van der Waals surface area contributed by atoms with E-state index in [1.807, 2.05) is 30.3 Å². The molecule has 14 heteroatoms. The molecule has 3 fully saturated rings. The van der Waals surface area contributed by atoms with Crippen molar-refractivity contribution in [3.05, 3.63) is 93.9 Å². The van der Waals surface area contributed by atoms with Crippen molar-refractivity contribution in [3.8, 4) is 46.7 Å². The normalized spacial score (nSPS) is 19.9. The average molecular weight is 843 g/mol. The van der Waals surface area contributed by atoms with Crippen molar-refractivity contribution >= 4 is 27.5 Å². The van der Waals surface area contributed by atoms with Gasteiger partial charge in [0.15, 0.2) is 24.1 Å². The Kier molecular flexibility index (Phi) is 10.7. The molecule has 0 aliphatic carbocycles. The molecule has 10 rings (SSSR count). The number of aryl methyl sites for hydroxylation is 1. The minimum atomic E-state index is -0.737. The van der Waals surface area contributed by atoms with Gasteiger partial charge in [-0.2, -0.15) is 9.97 Å². The lowest BCUT2D eigenvalue weighted by Crippen LogP contribution is -2.58. The molecule has 0 spiro atoms. The van der Waals surface area contributed by atoms with Crippen LogP contribution in [0.15, 0.2) is 68.2 Å². The summed E-state index contributed by atoms with van der Waals surface area (Å²) in [7, 11) is 1.51. The molecule has 0 radical (unpaired) electrons. The van der Waals surface area contributed by atoms with E-state index in [1.54, 1.807) is 18.2 Å². The molecule has 3 saturated heterocycles. The molecule has 12 nitrogen and oxygen atoms in total. The van der Waals surface area contributed by atoms with E-state index in [2.05, 4.69) is 27.5 Å². The summed E-state index contributed by atoms with van der Waals surface area (Å²) in [4.78, 5) is 34.8. The lowest BCUT2D eigenvalue weighted by molar-refractivity contribution is 0.0512. The van der Waals surface area contributed by atoms with Crippen molar-refractivity contribution in [1.82, 2.24) is 24.8 Å². The SMILES string of the molecule is C#Cc1c(F)ccc2cc(OCOC)cc(-c3nc4c5c(nc(OCC67CCCN6CCC7)nc5c3F)N3C[C@@H](CC)N(Cc5oc(=O)oc5-c5ccccc5)CC3CCC4)c12. The number of piperazine rings is 1. The van der Waals surface area contributed by atoms with E-state index in [-0.39, 0.29) is 52.8 Å². The molecule has 4 aliphatic heterocycles. The number of terminal acetylenes is 1. The number of methoxy groups -OCH3 is 1. The van der Waals surface area contributed by atoms with Crippen LogP contribution in [0, 0.1) is 24.0 Å². The van der Waals surface area contributed by atoms with Crippen LogP contribution in [0.2, 0.25) is 0 Å². The Hall–Kier alpha value is -5.88. The highest BCUT2D eigenvalue weighted by Gasteiger charge is 2.45. The number of hydrogen-bond donors (Lipinski definition) is 0. The van der Waals surface area contributed by atoms with Gasteiger partial charge >= 0.3 is 11.8 Å². The van der Waals surface area contributed by atoms with Gasteiger partial charge in [-0.15, -0.1) is 6.42 Å². The van der Waals surface area contributed by atoms with Crippen LogP contribution in [0.25, 0.3) is 44.3 Å². The number of fused-ring (bicyclic) bond motifs is 4. The third-order valence-electron chi connectivity index (χ3n) is 13.4. The zero-order chi connectivity index (χ0) is 42.5. The van der Waals surface area contributed by atoms with Crippen LogP contribution in [0.1, 0.15) is 68.9 Å². The first-order chi connectivity index (χ1) is 30.3. The van der Waals surface area contributed by atoms with E-state index in [0.717, 1.165) is 63.6 Å². The Morgan fingerprint density at radius 1 is 0.968 bits per heavy atom. The zero-order valence-corrected chi connectivity index (χ0v) is 34.9. The maximum Gasteiger partial charge on any atom is 0.519 e. The highest BCUT2D eigenvalue weighted by atomic mass is 19.1. The topological polar surface area (TPSA) is 119 Å². The van der Waals surface area contributed by atoms with Gasteiger partial charge in [0, 0.05) is 48.8 Å². The van der Waals surface area contributed by atoms with E-state index in [9.17, 15) is 4.79 Å². The predicted octanol–water partition coefficient (Wildman–Crippen LogP) is 8.11. The molecule has 6 aromatic rings. The summed E-state index contributed by atoms with van der Waals surface area (Å²) in [5, 5.41) is 1.44. The van der Waals surface area contributed by atoms with E-state index < -0.39 is 17.5 Å². The molecule has 7 heterocycles. The molecule has 62 heavy (non-hydrogen) atoms. The van der Waals surface area contributed by atoms with Crippen LogP contribution in [0.3, 0.4) is 0 Å². The minimum Gasteiger partial charge on any atom is -0.468 e. The van der Waals surface area contributed by atoms with Crippen LogP contribution < -0.4 is 20.2 Å². The van der Waals surface area contributed by atoms with Crippen LogP contribution >= 0.6 is 0 Å². The first-order valence-electron chi connectivity index (χ1n) is 21.6. The summed E-state index contributed by atoms with van der Waals surface area (Å²) in [5.41, 5.74) is 1.65. The van der Waals surface area contributed by atoms with Crippen LogP contribution in [-0.4, -0.2) is 89.1 Å². The number of hydrogen-bond acceptors (Lipinski definition) is 12. The molecule has 2 atom stereocenters. The molecule has 4 aliphatic rings. The molecule has 3 aromatic carbocycles. The lowest BCUT2D eigenvalue weighted by Gasteiger charge is -2.47. The summed E-state index contributed by atoms with van der Waals surface area (Å²) in [5.74, 6) is 2.34. The van der Waals surface area contributed by atoms with Crippen molar-refractivity contribution < 1.29 is 31.8 Å². The Labute approximate surface area is 357 Å². The molecule has 0 bridgehead atoms. The Bertz CT molecular complexity index is 2760. The van der Waals surface area contributed by atoms with Gasteiger partial charge in [-0.3, -0.25) is 9.80 Å². The fourth-order valence-corrected chi connectivity index (χ4v) is 10.5. The summed E-state index contributed by atoms with van der Waals surface area (Å²) >= 11 is 0. The summed E-state index contributed by atoms with van der Waals surface area (Å²) in [6, 6.07) is 15.8. The first-order valence-corrected chi connectivity index (χ1v) is 21.6. The molecule has 3 aromatic heterocycles. The fourth-order valence-electron chi connectivity index (χ4n) is 10.5. The largest absolute Gasteiger partial charge is 0.519 e. The van der Waals surface area contributed by atoms with Gasteiger partial charge in [0.25, 0.3) is 0 Å². The van der Waals surface area contributed by atoms with Crippen molar-refractivity contribution in [1.29, 1.82) is 0 Å². The fraction of sp³-hybridized carbons (Fsp3) is 0.417. The van der Waals surface area contributed by atoms with E-state index in [0.29, 0.717) is 77.6 Å². The second-order valence-electron chi connectivity index (χ2n) is 16.9. The Balaban J connectivity index is 1.10. The third-order valence-corrected chi connectivity index (χ3v) is 13.4. The number of pyridine rings is 1. The van der Waals surface area contributed by atoms with Crippen molar-refractivity contribution in [2.45, 2.75) is 82.5 Å². The molecule has 1 unspecified atom stereocenters. The highest BCUT2D eigenvalue weighted by Crippen LogP contribution is 2.44. The van der Waals surface area contributed by atoms with Gasteiger partial charge in [0.2, 0.25) is 0 Å². The molecular formula is C48H48F2N6O6. The van der Waals surface area contributed by atoms with Gasteiger partial charge < -0.3 is 27.9 Å². The van der Waals surface area contributed by atoms with Crippen molar-refractivity contribution in [3.63, 3.8) is 0 Å². The van der Waals surface area contributed by atoms with Crippen LogP contribution in [0.4, 0.5) is 14.6 Å².